The summed E-state index contributed by atoms with van der Waals surface area (Å²) in [4.78, 5) is 0. The fourth-order valence-electron chi connectivity index (χ4n) is 3.04. The van der Waals surface area contributed by atoms with Crippen LogP contribution in [0.1, 0.15) is 41.0 Å². The van der Waals surface area contributed by atoms with Gasteiger partial charge in [-0.25, -0.2) is 0 Å². The number of hydrogen-bond acceptors (Lipinski definition) is 2. The van der Waals surface area contributed by atoms with Crippen molar-refractivity contribution in [2.24, 2.45) is 17.3 Å². The van der Waals surface area contributed by atoms with E-state index in [4.69, 9.17) is 9.47 Å². The molecule has 2 unspecified atom stereocenters. The first kappa shape index (κ1) is 17.8. The van der Waals surface area contributed by atoms with Crippen LogP contribution in [0.2, 0.25) is 0 Å². The second-order valence-electron chi connectivity index (χ2n) is 7.90. The molecular formula is C21H30O2. The summed E-state index contributed by atoms with van der Waals surface area (Å²) < 4.78 is 11.9. The first-order valence-corrected chi connectivity index (χ1v) is 8.48. The molecule has 0 amide bonds. The summed E-state index contributed by atoms with van der Waals surface area (Å²) in [6.45, 7) is 11.3. The van der Waals surface area contributed by atoms with E-state index in [1.165, 1.54) is 10.8 Å². The van der Waals surface area contributed by atoms with E-state index in [0.717, 1.165) is 12.2 Å². The van der Waals surface area contributed by atoms with Crippen LogP contribution in [0.5, 0.6) is 5.75 Å². The van der Waals surface area contributed by atoms with Crippen LogP contribution < -0.4 is 4.74 Å². The van der Waals surface area contributed by atoms with Crippen molar-refractivity contribution in [2.75, 3.05) is 7.11 Å². The third kappa shape index (κ3) is 4.97. The lowest BCUT2D eigenvalue weighted by atomic mass is 9.79. The van der Waals surface area contributed by atoms with Crippen LogP contribution in [0.3, 0.4) is 0 Å². The zero-order chi connectivity index (χ0) is 17.0. The van der Waals surface area contributed by atoms with E-state index in [0.29, 0.717) is 11.8 Å². The van der Waals surface area contributed by atoms with Gasteiger partial charge in [-0.1, -0.05) is 65.0 Å². The first-order valence-electron chi connectivity index (χ1n) is 8.48. The zero-order valence-electron chi connectivity index (χ0n) is 15.3. The molecule has 0 aliphatic carbocycles. The summed E-state index contributed by atoms with van der Waals surface area (Å²) in [5, 5.41) is 2.42. The molecule has 0 aliphatic rings. The van der Waals surface area contributed by atoms with Gasteiger partial charge in [-0.05, 0) is 40.7 Å². The van der Waals surface area contributed by atoms with Gasteiger partial charge < -0.3 is 9.47 Å². The van der Waals surface area contributed by atoms with Gasteiger partial charge in [0.1, 0.15) is 5.75 Å². The average molecular weight is 314 g/mol. The topological polar surface area (TPSA) is 18.5 Å². The number of methoxy groups -OCH3 is 1. The smallest absolute Gasteiger partial charge is 0.202 e. The Bertz CT molecular complexity index is 625. The van der Waals surface area contributed by atoms with E-state index in [2.05, 4.69) is 71.0 Å². The average Bonchev–Trinajstić information content (AvgIpc) is 2.49. The predicted octanol–water partition coefficient (Wildman–Crippen LogP) is 5.90. The molecule has 0 radical (unpaired) electrons. The maximum absolute atomic E-state index is 6.22. The molecule has 0 saturated heterocycles. The van der Waals surface area contributed by atoms with E-state index in [-0.39, 0.29) is 11.7 Å². The Kier molecular flexibility index (Phi) is 5.69. The van der Waals surface area contributed by atoms with Crippen LogP contribution in [0, 0.1) is 17.3 Å². The molecule has 0 spiro atoms. The van der Waals surface area contributed by atoms with Crippen LogP contribution in [0.15, 0.2) is 42.5 Å². The minimum absolute atomic E-state index is 0.226. The molecule has 2 nitrogen and oxygen atoms in total. The molecule has 126 valence electrons. The molecule has 0 heterocycles. The lowest BCUT2D eigenvalue weighted by Crippen LogP contribution is -2.35. The van der Waals surface area contributed by atoms with E-state index < -0.39 is 0 Å². The minimum Gasteiger partial charge on any atom is -0.465 e. The normalized spacial score (nSPS) is 14.9. The van der Waals surface area contributed by atoms with Gasteiger partial charge in [-0.3, -0.25) is 0 Å². The molecular weight excluding hydrogens is 284 g/mol. The number of fused-ring (bicyclic) bond motifs is 1. The molecule has 2 heteroatoms. The summed E-state index contributed by atoms with van der Waals surface area (Å²) >= 11 is 0. The second-order valence-corrected chi connectivity index (χ2v) is 7.90. The maximum Gasteiger partial charge on any atom is 0.202 e. The molecule has 0 N–H and O–H groups in total. The molecule has 2 aromatic carbocycles. The summed E-state index contributed by atoms with van der Waals surface area (Å²) in [6, 6.07) is 14.6. The van der Waals surface area contributed by atoms with Gasteiger partial charge in [-0.2, -0.15) is 0 Å². The summed E-state index contributed by atoms with van der Waals surface area (Å²) in [5.41, 5.74) is 0.248. The SMILES string of the molecule is COC(Oc1ccc2ccccc2c1)C(CC(C)(C)C)C(C)C. The monoisotopic (exact) mass is 314 g/mol. The highest BCUT2D eigenvalue weighted by molar-refractivity contribution is 5.83. The summed E-state index contributed by atoms with van der Waals surface area (Å²) in [6.07, 6.45) is 0.840. The van der Waals surface area contributed by atoms with Crippen molar-refractivity contribution in [3.63, 3.8) is 0 Å². The van der Waals surface area contributed by atoms with Gasteiger partial charge in [0.05, 0.1) is 0 Å². The lowest BCUT2D eigenvalue weighted by Gasteiger charge is -2.34. The van der Waals surface area contributed by atoms with Gasteiger partial charge in [0.15, 0.2) is 0 Å². The second kappa shape index (κ2) is 7.35. The van der Waals surface area contributed by atoms with Gasteiger partial charge >= 0.3 is 0 Å². The Balaban J connectivity index is 2.21. The molecule has 0 aromatic heterocycles. The Morgan fingerprint density at radius 2 is 1.61 bits per heavy atom. The highest BCUT2D eigenvalue weighted by atomic mass is 16.7. The quantitative estimate of drug-likeness (QED) is 0.618. The van der Waals surface area contributed by atoms with Crippen molar-refractivity contribution in [1.82, 2.24) is 0 Å². The Labute approximate surface area is 140 Å². The summed E-state index contributed by atoms with van der Waals surface area (Å²) in [5.74, 6) is 1.72. The zero-order valence-corrected chi connectivity index (χ0v) is 15.3. The molecule has 0 fully saturated rings. The molecule has 23 heavy (non-hydrogen) atoms. The van der Waals surface area contributed by atoms with Crippen molar-refractivity contribution < 1.29 is 9.47 Å². The maximum atomic E-state index is 6.22. The van der Waals surface area contributed by atoms with Crippen molar-refractivity contribution in [2.45, 2.75) is 47.3 Å². The highest BCUT2D eigenvalue weighted by Crippen LogP contribution is 2.33. The number of ether oxygens (including phenoxy) is 2. The van der Waals surface area contributed by atoms with E-state index in [9.17, 15) is 0 Å². The van der Waals surface area contributed by atoms with E-state index in [1.54, 1.807) is 7.11 Å². The predicted molar refractivity (Wildman–Crippen MR) is 97.8 cm³/mol. The fourth-order valence-corrected chi connectivity index (χ4v) is 3.04. The Morgan fingerprint density at radius 3 is 2.17 bits per heavy atom. The molecule has 0 saturated carbocycles. The minimum atomic E-state index is -0.226. The van der Waals surface area contributed by atoms with Gasteiger partial charge in [0, 0.05) is 13.0 Å². The fraction of sp³-hybridized carbons (Fsp3) is 0.524. The Morgan fingerprint density at radius 1 is 0.957 bits per heavy atom. The van der Waals surface area contributed by atoms with Crippen LogP contribution in [-0.2, 0) is 4.74 Å². The van der Waals surface area contributed by atoms with Crippen LogP contribution in [0.4, 0.5) is 0 Å². The van der Waals surface area contributed by atoms with Crippen LogP contribution in [-0.4, -0.2) is 13.4 Å². The van der Waals surface area contributed by atoms with E-state index in [1.807, 2.05) is 6.07 Å². The Hall–Kier alpha value is -1.54. The standard InChI is InChI=1S/C21H30O2/c1-15(2)19(14-21(3,4)5)20(22-6)23-18-12-11-16-9-7-8-10-17(16)13-18/h7-13,15,19-20H,14H2,1-6H3. The molecule has 2 aromatic rings. The first-order chi connectivity index (χ1) is 10.8. The molecule has 2 rings (SSSR count). The van der Waals surface area contributed by atoms with Gasteiger partial charge in [-0.15, -0.1) is 0 Å². The van der Waals surface area contributed by atoms with Crippen molar-refractivity contribution in [3.8, 4) is 5.75 Å². The lowest BCUT2D eigenvalue weighted by molar-refractivity contribution is -0.113. The largest absolute Gasteiger partial charge is 0.465 e. The third-order valence-corrected chi connectivity index (χ3v) is 4.26. The number of rotatable bonds is 6. The number of benzene rings is 2. The van der Waals surface area contributed by atoms with Crippen LogP contribution >= 0.6 is 0 Å². The van der Waals surface area contributed by atoms with Crippen molar-refractivity contribution >= 4 is 10.8 Å². The number of hydrogen-bond donors (Lipinski definition) is 0. The van der Waals surface area contributed by atoms with Gasteiger partial charge in [0.2, 0.25) is 6.29 Å². The molecule has 2 atom stereocenters. The highest BCUT2D eigenvalue weighted by Gasteiger charge is 2.30. The summed E-state index contributed by atoms with van der Waals surface area (Å²) in [7, 11) is 1.74. The molecule has 0 aliphatic heterocycles. The van der Waals surface area contributed by atoms with Crippen molar-refractivity contribution in [3.05, 3.63) is 42.5 Å². The molecule has 0 bridgehead atoms. The van der Waals surface area contributed by atoms with E-state index >= 15 is 0 Å². The van der Waals surface area contributed by atoms with Crippen molar-refractivity contribution in [1.29, 1.82) is 0 Å². The third-order valence-electron chi connectivity index (χ3n) is 4.26. The van der Waals surface area contributed by atoms with Crippen LogP contribution in [0.25, 0.3) is 10.8 Å². The van der Waals surface area contributed by atoms with Gasteiger partial charge in [0.25, 0.3) is 0 Å².